The molecule has 1 aliphatic heterocycles. The van der Waals surface area contributed by atoms with Gasteiger partial charge in [-0.2, -0.15) is 5.26 Å². The minimum absolute atomic E-state index is 0.389. The lowest BCUT2D eigenvalue weighted by atomic mass is 10.0. The second kappa shape index (κ2) is 5.45. The van der Waals surface area contributed by atoms with Gasteiger partial charge in [0, 0.05) is 26.2 Å². The van der Waals surface area contributed by atoms with Gasteiger partial charge in [-0.05, 0) is 26.0 Å². The third-order valence-corrected chi connectivity index (χ3v) is 3.62. The van der Waals surface area contributed by atoms with Gasteiger partial charge in [-0.25, -0.2) is 4.98 Å². The molecule has 2 heterocycles. The topological polar surface area (TPSA) is 52.4 Å². The number of pyridine rings is 1. The summed E-state index contributed by atoms with van der Waals surface area (Å²) >= 11 is 0. The second-order valence-corrected chi connectivity index (χ2v) is 5.20. The van der Waals surface area contributed by atoms with Crippen LogP contribution >= 0.6 is 0 Å². The molecule has 102 valence electrons. The second-order valence-electron chi connectivity index (χ2n) is 5.20. The number of piperazine rings is 1. The van der Waals surface area contributed by atoms with Crippen molar-refractivity contribution < 1.29 is 4.74 Å². The number of rotatable bonds is 3. The maximum atomic E-state index is 9.16. The van der Waals surface area contributed by atoms with E-state index in [0.29, 0.717) is 0 Å². The van der Waals surface area contributed by atoms with E-state index in [9.17, 15) is 0 Å². The number of anilines is 1. The highest BCUT2D eigenvalue weighted by Gasteiger charge is 2.29. The zero-order chi connectivity index (χ0) is 13.9. The standard InChI is InChI=1S/C14H20N4O/c1-14(2,11-15)18-8-6-17(7-9-18)13-5-4-12(19-3)10-16-13/h4-5,10H,6-9H2,1-3H3. The monoisotopic (exact) mass is 260 g/mol. The molecule has 1 aromatic rings. The summed E-state index contributed by atoms with van der Waals surface area (Å²) in [5.41, 5.74) is -0.389. The molecule has 0 saturated carbocycles. The van der Waals surface area contributed by atoms with Crippen LogP contribution < -0.4 is 9.64 Å². The first-order valence-corrected chi connectivity index (χ1v) is 6.48. The molecule has 0 bridgehead atoms. The van der Waals surface area contributed by atoms with Crippen molar-refractivity contribution in [1.82, 2.24) is 9.88 Å². The highest BCUT2D eigenvalue weighted by Crippen LogP contribution is 2.20. The highest BCUT2D eigenvalue weighted by molar-refractivity contribution is 5.41. The van der Waals surface area contributed by atoms with Crippen molar-refractivity contribution in [3.05, 3.63) is 18.3 Å². The predicted octanol–water partition coefficient (Wildman–Crippen LogP) is 1.51. The minimum Gasteiger partial charge on any atom is -0.495 e. The van der Waals surface area contributed by atoms with Gasteiger partial charge in [-0.3, -0.25) is 4.90 Å². The lowest BCUT2D eigenvalue weighted by Crippen LogP contribution is -2.54. The van der Waals surface area contributed by atoms with Crippen LogP contribution in [0.5, 0.6) is 5.75 Å². The summed E-state index contributed by atoms with van der Waals surface area (Å²) in [5.74, 6) is 1.74. The molecule has 0 atom stereocenters. The number of hydrogen-bond donors (Lipinski definition) is 0. The molecule has 1 aromatic heterocycles. The van der Waals surface area contributed by atoms with Gasteiger partial charge in [0.2, 0.25) is 0 Å². The maximum absolute atomic E-state index is 9.16. The molecule has 2 rings (SSSR count). The Hall–Kier alpha value is -1.80. The molecule has 0 unspecified atom stereocenters. The average molecular weight is 260 g/mol. The van der Waals surface area contributed by atoms with Crippen LogP contribution in [0, 0.1) is 11.3 Å². The van der Waals surface area contributed by atoms with Gasteiger partial charge in [0.25, 0.3) is 0 Å². The zero-order valence-electron chi connectivity index (χ0n) is 11.8. The zero-order valence-corrected chi connectivity index (χ0v) is 11.8. The molecule has 19 heavy (non-hydrogen) atoms. The summed E-state index contributed by atoms with van der Waals surface area (Å²) in [6.45, 7) is 7.49. The van der Waals surface area contributed by atoms with E-state index in [0.717, 1.165) is 37.7 Å². The van der Waals surface area contributed by atoms with Crippen LogP contribution in [0.3, 0.4) is 0 Å². The molecule has 0 spiro atoms. The van der Waals surface area contributed by atoms with Gasteiger partial charge in [0.15, 0.2) is 0 Å². The molecule has 0 radical (unpaired) electrons. The van der Waals surface area contributed by atoms with Crippen LogP contribution in [-0.4, -0.2) is 48.7 Å². The van der Waals surface area contributed by atoms with Crippen molar-refractivity contribution in [2.24, 2.45) is 0 Å². The number of nitrogens with zero attached hydrogens (tertiary/aromatic N) is 4. The Labute approximate surface area is 114 Å². The van der Waals surface area contributed by atoms with E-state index >= 15 is 0 Å². The molecular formula is C14H20N4O. The molecule has 0 aromatic carbocycles. The Morgan fingerprint density at radius 1 is 1.26 bits per heavy atom. The van der Waals surface area contributed by atoms with Crippen LogP contribution in [0.2, 0.25) is 0 Å². The van der Waals surface area contributed by atoms with E-state index < -0.39 is 0 Å². The van der Waals surface area contributed by atoms with E-state index in [1.165, 1.54) is 0 Å². The van der Waals surface area contributed by atoms with E-state index in [4.69, 9.17) is 10.00 Å². The van der Waals surface area contributed by atoms with Crippen LogP contribution in [0.25, 0.3) is 0 Å². The summed E-state index contributed by atoms with van der Waals surface area (Å²) in [4.78, 5) is 8.85. The Balaban J connectivity index is 1.98. The highest BCUT2D eigenvalue weighted by atomic mass is 16.5. The lowest BCUT2D eigenvalue weighted by molar-refractivity contribution is 0.158. The quantitative estimate of drug-likeness (QED) is 0.824. The van der Waals surface area contributed by atoms with E-state index in [2.05, 4.69) is 20.9 Å². The van der Waals surface area contributed by atoms with Crippen LogP contribution in [0.1, 0.15) is 13.8 Å². The summed E-state index contributed by atoms with van der Waals surface area (Å²) in [5, 5.41) is 9.16. The summed E-state index contributed by atoms with van der Waals surface area (Å²) in [6, 6.07) is 6.26. The van der Waals surface area contributed by atoms with E-state index in [1.807, 2.05) is 26.0 Å². The summed E-state index contributed by atoms with van der Waals surface area (Å²) in [6.07, 6.45) is 1.74. The first kappa shape index (κ1) is 13.6. The molecule has 0 N–H and O–H groups in total. The molecular weight excluding hydrogens is 240 g/mol. The fourth-order valence-corrected chi connectivity index (χ4v) is 2.25. The normalized spacial score (nSPS) is 17.1. The molecule has 1 saturated heterocycles. The Morgan fingerprint density at radius 3 is 2.42 bits per heavy atom. The summed E-state index contributed by atoms with van der Waals surface area (Å²) in [7, 11) is 1.64. The lowest BCUT2D eigenvalue weighted by Gasteiger charge is -2.40. The predicted molar refractivity (Wildman–Crippen MR) is 74.3 cm³/mol. The number of hydrogen-bond acceptors (Lipinski definition) is 5. The van der Waals surface area contributed by atoms with Crippen molar-refractivity contribution in [3.8, 4) is 11.8 Å². The largest absolute Gasteiger partial charge is 0.495 e. The molecule has 1 aliphatic rings. The van der Waals surface area contributed by atoms with Gasteiger partial charge in [-0.15, -0.1) is 0 Å². The van der Waals surface area contributed by atoms with Crippen molar-refractivity contribution in [2.45, 2.75) is 19.4 Å². The van der Waals surface area contributed by atoms with E-state index in [-0.39, 0.29) is 5.54 Å². The smallest absolute Gasteiger partial charge is 0.137 e. The molecule has 0 aliphatic carbocycles. The van der Waals surface area contributed by atoms with Gasteiger partial charge in [0.1, 0.15) is 17.1 Å². The minimum atomic E-state index is -0.389. The average Bonchev–Trinajstić information content (AvgIpc) is 2.47. The number of aromatic nitrogens is 1. The Morgan fingerprint density at radius 2 is 1.95 bits per heavy atom. The van der Waals surface area contributed by atoms with Crippen molar-refractivity contribution in [1.29, 1.82) is 5.26 Å². The van der Waals surface area contributed by atoms with Crippen LogP contribution in [0.15, 0.2) is 18.3 Å². The van der Waals surface area contributed by atoms with E-state index in [1.54, 1.807) is 13.3 Å². The van der Waals surface area contributed by atoms with Gasteiger partial charge >= 0.3 is 0 Å². The fraction of sp³-hybridized carbons (Fsp3) is 0.571. The number of nitriles is 1. The molecule has 0 amide bonds. The third kappa shape index (κ3) is 2.96. The van der Waals surface area contributed by atoms with Crippen molar-refractivity contribution in [2.75, 3.05) is 38.2 Å². The Bertz CT molecular complexity index is 455. The first-order chi connectivity index (χ1) is 9.06. The van der Waals surface area contributed by atoms with Crippen LogP contribution in [0.4, 0.5) is 5.82 Å². The first-order valence-electron chi connectivity index (χ1n) is 6.48. The maximum Gasteiger partial charge on any atom is 0.137 e. The fourth-order valence-electron chi connectivity index (χ4n) is 2.25. The van der Waals surface area contributed by atoms with Crippen LogP contribution in [-0.2, 0) is 0 Å². The third-order valence-electron chi connectivity index (χ3n) is 3.62. The molecule has 5 heteroatoms. The van der Waals surface area contributed by atoms with Crippen molar-refractivity contribution >= 4 is 5.82 Å². The Kier molecular flexibility index (Phi) is 3.91. The summed E-state index contributed by atoms with van der Waals surface area (Å²) < 4.78 is 5.11. The van der Waals surface area contributed by atoms with Gasteiger partial charge in [-0.1, -0.05) is 0 Å². The van der Waals surface area contributed by atoms with Crippen molar-refractivity contribution in [3.63, 3.8) is 0 Å². The number of methoxy groups -OCH3 is 1. The number of ether oxygens (including phenoxy) is 1. The van der Waals surface area contributed by atoms with Gasteiger partial charge in [0.05, 0.1) is 19.4 Å². The molecule has 5 nitrogen and oxygen atoms in total. The molecule has 1 fully saturated rings. The SMILES string of the molecule is COc1ccc(N2CCN(C(C)(C)C#N)CC2)nc1. The van der Waals surface area contributed by atoms with Gasteiger partial charge < -0.3 is 9.64 Å².